The molecule has 27 heavy (non-hydrogen) atoms. The van der Waals surface area contributed by atoms with Crippen LogP contribution in [0.25, 0.3) is 5.65 Å². The van der Waals surface area contributed by atoms with Crippen molar-refractivity contribution >= 4 is 17.5 Å². The first-order valence-electron chi connectivity index (χ1n) is 8.84. The Morgan fingerprint density at radius 3 is 2.74 bits per heavy atom. The maximum absolute atomic E-state index is 13.3. The van der Waals surface area contributed by atoms with Gasteiger partial charge in [0.1, 0.15) is 17.4 Å². The number of rotatable bonds is 1. The second-order valence-corrected chi connectivity index (χ2v) is 6.72. The highest BCUT2D eigenvalue weighted by Gasteiger charge is 2.44. The van der Waals surface area contributed by atoms with E-state index in [-0.39, 0.29) is 11.5 Å². The summed E-state index contributed by atoms with van der Waals surface area (Å²) in [5.41, 5.74) is 1.53. The van der Waals surface area contributed by atoms with Gasteiger partial charge in [0.25, 0.3) is 17.4 Å². The number of amides is 2. The van der Waals surface area contributed by atoms with Gasteiger partial charge >= 0.3 is 0 Å². The summed E-state index contributed by atoms with van der Waals surface area (Å²) in [6, 6.07) is 12.6. The molecule has 0 unspecified atom stereocenters. The van der Waals surface area contributed by atoms with E-state index in [0.717, 1.165) is 5.56 Å². The maximum Gasteiger partial charge on any atom is 0.270 e. The number of hydrogen-bond donors (Lipinski definition) is 0. The molecule has 0 aliphatic carbocycles. The van der Waals surface area contributed by atoms with Gasteiger partial charge in [-0.2, -0.15) is 0 Å². The molecule has 2 aliphatic heterocycles. The van der Waals surface area contributed by atoms with Crippen molar-refractivity contribution in [2.24, 2.45) is 0 Å². The number of carbonyl (C=O) groups is 2. The summed E-state index contributed by atoms with van der Waals surface area (Å²) in [6.07, 6.45) is 3.13. The summed E-state index contributed by atoms with van der Waals surface area (Å²) in [5, 5.41) is 0. The van der Waals surface area contributed by atoms with Crippen LogP contribution in [0.3, 0.4) is 0 Å². The highest BCUT2D eigenvalue weighted by molar-refractivity contribution is 6.01. The zero-order chi connectivity index (χ0) is 18.5. The molecule has 7 heteroatoms. The zero-order valence-corrected chi connectivity index (χ0v) is 14.4. The van der Waals surface area contributed by atoms with E-state index in [0.29, 0.717) is 30.7 Å². The van der Waals surface area contributed by atoms with E-state index in [1.54, 1.807) is 40.3 Å². The van der Waals surface area contributed by atoms with Crippen LogP contribution < -0.4 is 5.56 Å². The summed E-state index contributed by atoms with van der Waals surface area (Å²) in [6.45, 7) is 1.08. The van der Waals surface area contributed by atoms with Gasteiger partial charge < -0.3 is 9.80 Å². The lowest BCUT2D eigenvalue weighted by Gasteiger charge is -2.40. The lowest BCUT2D eigenvalue weighted by Crippen LogP contribution is -2.49. The first-order chi connectivity index (χ1) is 13.2. The fraction of sp³-hybridized carbons (Fsp3) is 0.200. The summed E-state index contributed by atoms with van der Waals surface area (Å²) in [4.78, 5) is 46.3. The average Bonchev–Trinajstić information content (AvgIpc) is 3.01. The average molecular weight is 360 g/mol. The van der Waals surface area contributed by atoms with E-state index < -0.39 is 17.6 Å². The smallest absolute Gasteiger partial charge is 0.270 e. The third kappa shape index (κ3) is 2.21. The molecule has 1 saturated heterocycles. The number of carbonyl (C=O) groups excluding carboxylic acids is 2. The number of pyridine rings is 1. The van der Waals surface area contributed by atoms with Crippen LogP contribution in [0.5, 0.6) is 0 Å². The number of aromatic nitrogens is 2. The van der Waals surface area contributed by atoms with Gasteiger partial charge in [-0.1, -0.05) is 24.3 Å². The van der Waals surface area contributed by atoms with Crippen molar-refractivity contribution in [3.8, 4) is 0 Å². The monoisotopic (exact) mass is 360 g/mol. The molecule has 134 valence electrons. The minimum atomic E-state index is -0.467. The molecule has 5 rings (SSSR count). The van der Waals surface area contributed by atoms with Gasteiger partial charge in [0.15, 0.2) is 0 Å². The van der Waals surface area contributed by atoms with Crippen molar-refractivity contribution < 1.29 is 9.59 Å². The van der Waals surface area contributed by atoms with Crippen LogP contribution in [-0.4, -0.2) is 44.1 Å². The molecule has 0 spiro atoms. The van der Waals surface area contributed by atoms with Crippen molar-refractivity contribution in [2.45, 2.75) is 12.6 Å². The van der Waals surface area contributed by atoms with Crippen molar-refractivity contribution in [1.29, 1.82) is 0 Å². The Morgan fingerprint density at radius 1 is 1.04 bits per heavy atom. The van der Waals surface area contributed by atoms with E-state index in [1.807, 2.05) is 18.2 Å². The molecule has 3 aromatic rings. The first-order valence-corrected chi connectivity index (χ1v) is 8.84. The highest BCUT2D eigenvalue weighted by Crippen LogP contribution is 2.38. The summed E-state index contributed by atoms with van der Waals surface area (Å²) >= 11 is 0. The van der Waals surface area contributed by atoms with Crippen molar-refractivity contribution in [1.82, 2.24) is 19.2 Å². The lowest BCUT2D eigenvalue weighted by atomic mass is 10.1. The third-order valence-electron chi connectivity index (χ3n) is 5.22. The summed E-state index contributed by atoms with van der Waals surface area (Å²) < 4.78 is 1.36. The van der Waals surface area contributed by atoms with E-state index in [9.17, 15) is 14.4 Å². The summed E-state index contributed by atoms with van der Waals surface area (Å²) in [5.74, 6) is -0.466. The van der Waals surface area contributed by atoms with Gasteiger partial charge in [-0.3, -0.25) is 18.8 Å². The molecular weight excluding hydrogens is 344 g/mol. The molecule has 2 amide bonds. The summed E-state index contributed by atoms with van der Waals surface area (Å²) in [7, 11) is 0. The fourth-order valence-corrected chi connectivity index (χ4v) is 3.98. The maximum atomic E-state index is 13.3. The van der Waals surface area contributed by atoms with Crippen LogP contribution in [0.1, 0.15) is 38.9 Å². The predicted octanol–water partition coefficient (Wildman–Crippen LogP) is 1.70. The SMILES string of the molecule is O=C1c2ccccc2[C@@H]2N1CCCN2C(=O)c1cnc2ccccn2c1=O. The molecule has 1 aromatic carbocycles. The highest BCUT2D eigenvalue weighted by atomic mass is 16.2. The molecule has 1 atom stereocenters. The van der Waals surface area contributed by atoms with Gasteiger partial charge in [0.05, 0.1) is 0 Å². The zero-order valence-electron chi connectivity index (χ0n) is 14.4. The largest absolute Gasteiger partial charge is 0.314 e. The first kappa shape index (κ1) is 15.7. The minimum Gasteiger partial charge on any atom is -0.314 e. The molecular formula is C20H16N4O3. The van der Waals surface area contributed by atoms with Gasteiger partial charge in [0.2, 0.25) is 0 Å². The number of hydrogen-bond acceptors (Lipinski definition) is 4. The molecule has 2 aliphatic rings. The molecule has 1 fully saturated rings. The molecule has 0 N–H and O–H groups in total. The van der Waals surface area contributed by atoms with Crippen molar-refractivity contribution in [2.75, 3.05) is 13.1 Å². The normalized spacial score (nSPS) is 18.5. The standard InChI is InChI=1S/C20H16N4O3/c25-18-14-7-2-1-6-13(14)17-23(18)10-5-11-24(17)20(27)15-12-21-16-8-3-4-9-22(16)19(15)26/h1-4,6-9,12,17H,5,10-11H2/t17-/m1/s1. The Labute approximate surface area is 154 Å². The molecule has 0 saturated carbocycles. The van der Waals surface area contributed by atoms with Crippen LogP contribution in [0, 0.1) is 0 Å². The number of nitrogens with zero attached hydrogens (tertiary/aromatic N) is 4. The lowest BCUT2D eigenvalue weighted by molar-refractivity contribution is 0.0163. The predicted molar refractivity (Wildman–Crippen MR) is 97.3 cm³/mol. The second-order valence-electron chi connectivity index (χ2n) is 6.72. The van der Waals surface area contributed by atoms with Crippen LogP contribution >= 0.6 is 0 Å². The van der Waals surface area contributed by atoms with Crippen molar-refractivity contribution in [3.05, 3.63) is 81.9 Å². The molecule has 7 nitrogen and oxygen atoms in total. The Hall–Kier alpha value is -3.48. The Kier molecular flexibility index (Phi) is 3.36. The van der Waals surface area contributed by atoms with Gasteiger partial charge in [-0.15, -0.1) is 0 Å². The van der Waals surface area contributed by atoms with E-state index in [2.05, 4.69) is 4.98 Å². The van der Waals surface area contributed by atoms with Gasteiger partial charge in [-0.25, -0.2) is 4.98 Å². The van der Waals surface area contributed by atoms with Crippen molar-refractivity contribution in [3.63, 3.8) is 0 Å². The molecule has 0 radical (unpaired) electrons. The van der Waals surface area contributed by atoms with Crippen LogP contribution in [0.4, 0.5) is 0 Å². The van der Waals surface area contributed by atoms with Gasteiger partial charge in [0, 0.05) is 36.6 Å². The van der Waals surface area contributed by atoms with Crippen LogP contribution in [-0.2, 0) is 0 Å². The number of fused-ring (bicyclic) bond motifs is 4. The minimum absolute atomic E-state index is 0.0115. The van der Waals surface area contributed by atoms with Gasteiger partial charge in [-0.05, 0) is 24.6 Å². The third-order valence-corrected chi connectivity index (χ3v) is 5.22. The van der Waals surface area contributed by atoms with E-state index >= 15 is 0 Å². The topological polar surface area (TPSA) is 75.0 Å². The number of benzene rings is 1. The Bertz CT molecular complexity index is 1150. The van der Waals surface area contributed by atoms with E-state index in [4.69, 9.17) is 0 Å². The fourth-order valence-electron chi connectivity index (χ4n) is 3.98. The Balaban J connectivity index is 1.61. The Morgan fingerprint density at radius 2 is 1.85 bits per heavy atom. The van der Waals surface area contributed by atoms with Crippen LogP contribution in [0.15, 0.2) is 59.7 Å². The molecule has 2 aromatic heterocycles. The van der Waals surface area contributed by atoms with E-state index in [1.165, 1.54) is 10.6 Å². The molecule has 4 heterocycles. The molecule has 0 bridgehead atoms. The van der Waals surface area contributed by atoms with Crippen LogP contribution in [0.2, 0.25) is 0 Å². The quantitative estimate of drug-likeness (QED) is 0.662. The second kappa shape index (κ2) is 5.77.